The molecule has 0 aromatic rings. The summed E-state index contributed by atoms with van der Waals surface area (Å²) in [6.07, 6.45) is 17.2. The molecule has 0 aromatic heterocycles. The first kappa shape index (κ1) is 57.7. The van der Waals surface area contributed by atoms with Crippen molar-refractivity contribution in [1.82, 2.24) is 25.9 Å². The van der Waals surface area contributed by atoms with Crippen molar-refractivity contribution in [1.29, 1.82) is 5.26 Å². The zero-order valence-electron chi connectivity index (χ0n) is 39.1. The average molecular weight is 935 g/mol. The number of carbonyl (C=O) groups excluding carboxylic acids is 3. The highest BCUT2D eigenvalue weighted by Gasteiger charge is 2.74. The van der Waals surface area contributed by atoms with Gasteiger partial charge >= 0.3 is 0 Å². The van der Waals surface area contributed by atoms with Crippen LogP contribution in [-0.2, 0) is 51.9 Å². The molecule has 5 N–H and O–H groups in total. The minimum Gasteiger partial charge on any atom is -0.379 e. The fourth-order valence-corrected chi connectivity index (χ4v) is 9.50. The van der Waals surface area contributed by atoms with Crippen LogP contribution in [0.4, 0.5) is 0 Å². The van der Waals surface area contributed by atoms with Crippen LogP contribution in [0, 0.1) is 53.8 Å². The molecule has 0 aromatic carbocycles. The Hall–Kier alpha value is -3.43. The molecule has 366 valence electrons. The van der Waals surface area contributed by atoms with E-state index in [1.165, 1.54) is 0 Å². The van der Waals surface area contributed by atoms with Crippen LogP contribution in [0.1, 0.15) is 91.9 Å². The van der Waals surface area contributed by atoms with E-state index in [1.807, 2.05) is 0 Å². The molecule has 0 saturated heterocycles. The van der Waals surface area contributed by atoms with Crippen molar-refractivity contribution in [2.24, 2.45) is 5.41 Å². The fraction of sp³-hybridized carbons (Fsp3) is 0.783. The molecule has 3 aliphatic rings. The number of nitrogens with one attached hydrogen (secondary N) is 4. The summed E-state index contributed by atoms with van der Waals surface area (Å²) in [5.41, 5.74) is -2.30. The van der Waals surface area contributed by atoms with Crippen LogP contribution in [0.25, 0.3) is 0 Å². The number of nitrogens with zero attached hydrogens (tertiary/aromatic N) is 2. The second-order valence-electron chi connectivity index (χ2n) is 16.7. The van der Waals surface area contributed by atoms with Gasteiger partial charge in [-0.2, -0.15) is 5.26 Å². The minimum atomic E-state index is -1.50. The second kappa shape index (κ2) is 33.1. The van der Waals surface area contributed by atoms with Gasteiger partial charge in [-0.1, -0.05) is 17.8 Å². The molecule has 3 saturated carbocycles. The number of hydrogen-bond acceptors (Lipinski definition) is 15. The first-order valence-electron chi connectivity index (χ1n) is 22.6. The summed E-state index contributed by atoms with van der Waals surface area (Å²) in [7, 11) is -1.50. The number of terminal acetylenes is 3. The second-order valence-corrected chi connectivity index (χ2v) is 18.1. The van der Waals surface area contributed by atoms with Gasteiger partial charge in [-0.25, -0.2) is 4.67 Å². The first-order valence-corrected chi connectivity index (χ1v) is 23.7. The van der Waals surface area contributed by atoms with E-state index < -0.39 is 31.3 Å². The molecule has 3 aliphatic carbocycles. The zero-order chi connectivity index (χ0) is 47.8. The quantitative estimate of drug-likeness (QED) is 0.0258. The number of rotatable bonds is 41. The number of carbonyl (C=O) groups is 3. The number of aliphatic hydroxyl groups excluding tert-OH is 1. The number of amides is 3. The lowest BCUT2D eigenvalue weighted by Gasteiger charge is -2.69. The van der Waals surface area contributed by atoms with E-state index in [0.29, 0.717) is 72.1 Å². The maximum Gasteiger partial charge on any atom is 0.259 e. The molecule has 3 rings (SSSR count). The molecule has 2 unspecified atom stereocenters. The molecule has 65 heavy (non-hydrogen) atoms. The van der Waals surface area contributed by atoms with Crippen LogP contribution in [-0.4, -0.2) is 162 Å². The predicted molar refractivity (Wildman–Crippen MR) is 245 cm³/mol. The molecule has 2 bridgehead atoms. The number of ether oxygens (including phenoxy) is 6. The summed E-state index contributed by atoms with van der Waals surface area (Å²) >= 11 is 0. The van der Waals surface area contributed by atoms with Crippen molar-refractivity contribution in [2.75, 3.05) is 106 Å². The van der Waals surface area contributed by atoms with Crippen molar-refractivity contribution in [2.45, 2.75) is 121 Å². The summed E-state index contributed by atoms with van der Waals surface area (Å²) < 4.78 is 47.3. The Labute approximate surface area is 388 Å². The molecule has 2 atom stereocenters. The Bertz CT molecular complexity index is 1490. The standard InChI is InChI=1S/C46H75N6O12P/c1-8-22-57-29-32-60-26-19-48-40(53)12-15-45(16-13-41(54)49-20-27-61-33-30-58-23-9-2,17-14-42(55)50-21-28-62-34-31-59-24-10-3)51-43(56)44-35-46(36-44,37-44)64-65(63-25-11-18-47)52(38(4)5)39(6)7/h1-3,38-40,48,53H,11-17,19-37H2,4-7H3,(H,49,54)(H,50,55)(H,51,56). The van der Waals surface area contributed by atoms with Gasteiger partial charge in [0.15, 0.2) is 0 Å². The van der Waals surface area contributed by atoms with E-state index >= 15 is 0 Å². The summed E-state index contributed by atoms with van der Waals surface area (Å²) in [4.78, 5) is 41.1. The molecule has 0 heterocycles. The maximum absolute atomic E-state index is 14.5. The molecule has 0 aliphatic heterocycles. The predicted octanol–water partition coefficient (Wildman–Crippen LogP) is 2.54. The zero-order valence-corrected chi connectivity index (χ0v) is 40.0. The largest absolute Gasteiger partial charge is 0.379 e. The Balaban J connectivity index is 2.22. The minimum absolute atomic E-state index is 0.0342. The van der Waals surface area contributed by atoms with Gasteiger partial charge in [0.2, 0.25) is 17.7 Å². The highest BCUT2D eigenvalue weighted by atomic mass is 31.2. The normalized spacial score (nSPS) is 18.4. The van der Waals surface area contributed by atoms with E-state index in [4.69, 9.17) is 62.0 Å². The van der Waals surface area contributed by atoms with Crippen LogP contribution in [0.15, 0.2) is 0 Å². The van der Waals surface area contributed by atoms with Gasteiger partial charge in [0.1, 0.15) is 26.0 Å². The van der Waals surface area contributed by atoms with E-state index in [2.05, 4.69) is 77.5 Å². The van der Waals surface area contributed by atoms with E-state index in [9.17, 15) is 19.5 Å². The van der Waals surface area contributed by atoms with Gasteiger partial charge < -0.3 is 58.5 Å². The first-order chi connectivity index (χ1) is 31.3. The number of aliphatic hydroxyl groups is 1. The Kier molecular flexibility index (Phi) is 29.4. The molecular formula is C46H75N6O12P. The van der Waals surface area contributed by atoms with Gasteiger partial charge in [0.25, 0.3) is 8.53 Å². The van der Waals surface area contributed by atoms with Crippen molar-refractivity contribution in [3.05, 3.63) is 0 Å². The lowest BCUT2D eigenvalue weighted by atomic mass is 9.41. The van der Waals surface area contributed by atoms with Crippen LogP contribution in [0.3, 0.4) is 0 Å². The van der Waals surface area contributed by atoms with Gasteiger partial charge in [-0.3, -0.25) is 19.7 Å². The molecule has 3 amide bonds. The Morgan fingerprint density at radius 2 is 1.17 bits per heavy atom. The van der Waals surface area contributed by atoms with Gasteiger partial charge in [0, 0.05) is 50.1 Å². The van der Waals surface area contributed by atoms with Crippen LogP contribution in [0.5, 0.6) is 0 Å². The molecule has 0 radical (unpaired) electrons. The molecule has 19 heteroatoms. The summed E-state index contributed by atoms with van der Waals surface area (Å²) in [6, 6.07) is 2.37. The van der Waals surface area contributed by atoms with Crippen molar-refractivity contribution < 1.29 is 57.0 Å². The Morgan fingerprint density at radius 3 is 1.62 bits per heavy atom. The van der Waals surface area contributed by atoms with Gasteiger partial charge in [-0.15, -0.1) is 19.3 Å². The topological polar surface area (TPSA) is 220 Å². The molecule has 18 nitrogen and oxygen atoms in total. The van der Waals surface area contributed by atoms with Gasteiger partial charge in [-0.05, 0) is 72.6 Å². The van der Waals surface area contributed by atoms with Crippen molar-refractivity contribution in [3.8, 4) is 43.1 Å². The summed E-state index contributed by atoms with van der Waals surface area (Å²) in [5, 5.41) is 32.4. The monoisotopic (exact) mass is 935 g/mol. The third-order valence-corrected chi connectivity index (χ3v) is 13.0. The van der Waals surface area contributed by atoms with Crippen LogP contribution < -0.4 is 21.3 Å². The fourth-order valence-electron chi connectivity index (χ4n) is 7.69. The lowest BCUT2D eigenvalue weighted by molar-refractivity contribution is -0.239. The number of hydrogen-bond donors (Lipinski definition) is 5. The summed E-state index contributed by atoms with van der Waals surface area (Å²) in [6.45, 7) is 12.8. The Morgan fingerprint density at radius 1 is 0.708 bits per heavy atom. The number of nitriles is 1. The third-order valence-electron chi connectivity index (χ3n) is 10.8. The maximum atomic E-state index is 14.5. The van der Waals surface area contributed by atoms with Crippen LogP contribution >= 0.6 is 8.53 Å². The molecule has 3 fully saturated rings. The molecule has 0 spiro atoms. The van der Waals surface area contributed by atoms with Crippen LogP contribution in [0.2, 0.25) is 0 Å². The van der Waals surface area contributed by atoms with E-state index in [1.54, 1.807) is 0 Å². The van der Waals surface area contributed by atoms with Crippen molar-refractivity contribution >= 4 is 26.2 Å². The highest BCUT2D eigenvalue weighted by Crippen LogP contribution is 2.73. The van der Waals surface area contributed by atoms with E-state index in [-0.39, 0.29) is 127 Å². The highest BCUT2D eigenvalue weighted by molar-refractivity contribution is 7.44. The van der Waals surface area contributed by atoms with E-state index in [0.717, 1.165) is 0 Å². The van der Waals surface area contributed by atoms with Crippen molar-refractivity contribution in [3.63, 3.8) is 0 Å². The SMILES string of the molecule is C#CCOCCOCCNC(=O)CCC(CCC(=O)NCCOCCOCC#C)(CCC(O)NCCOCCOCC#C)NC(=O)C12CC(OP(OCCC#N)N(C(C)C)C(C)C)(C1)C2. The lowest BCUT2D eigenvalue weighted by Crippen LogP contribution is -2.74. The summed E-state index contributed by atoms with van der Waals surface area (Å²) in [5.74, 6) is 6.48. The third kappa shape index (κ3) is 22.7. The average Bonchev–Trinajstić information content (AvgIpc) is 3.24. The molecular weight excluding hydrogens is 860 g/mol. The van der Waals surface area contributed by atoms with Gasteiger partial charge in [0.05, 0.1) is 89.6 Å². The smallest absolute Gasteiger partial charge is 0.259 e.